The zero-order valence-electron chi connectivity index (χ0n) is 2.80. The molecule has 0 aliphatic heterocycles. The molecule has 0 atom stereocenters. The molecule has 0 aliphatic rings. The zero-order chi connectivity index (χ0) is 0. The molecule has 9 heavy (non-hydrogen) atoms. The minimum atomic E-state index is 0. The number of halogens is 6. The van der Waals surface area contributed by atoms with Gasteiger partial charge < -0.3 is 0 Å². The molecule has 9 heteroatoms. The Balaban J connectivity index is 0. The van der Waals surface area contributed by atoms with Gasteiger partial charge >= 0.3 is 103 Å². The molecule has 0 nitrogen and oxygen atoms in total. The first kappa shape index (κ1) is 74.9. The molecule has 0 radical (unpaired) electrons. The van der Waals surface area contributed by atoms with Crippen LogP contribution in [0.3, 0.4) is 0 Å². The fourth-order valence-corrected chi connectivity index (χ4v) is 0. The third-order valence-electron chi connectivity index (χ3n) is 0. The molecule has 0 aromatic carbocycles. The van der Waals surface area contributed by atoms with E-state index in [-0.39, 0.29) is 224 Å². The molecule has 0 spiro atoms. The normalized spacial score (nSPS) is 0. The Bertz CT molecular complexity index is 11.0. The summed E-state index contributed by atoms with van der Waals surface area (Å²) in [6, 6.07) is 0. The summed E-state index contributed by atoms with van der Waals surface area (Å²) in [5.74, 6) is 0. The number of hydrogen-bond donors (Lipinski definition) is 0. The molecule has 0 aromatic rings. The summed E-state index contributed by atoms with van der Waals surface area (Å²) >= 11 is 0. The van der Waals surface area contributed by atoms with Gasteiger partial charge in [-0.05, 0) is 0 Å². The summed E-state index contributed by atoms with van der Waals surface area (Å²) < 4.78 is 0. The van der Waals surface area contributed by atoms with E-state index >= 15 is 0 Å². The van der Waals surface area contributed by atoms with Gasteiger partial charge in [-0.1, -0.05) is 0 Å². The van der Waals surface area contributed by atoms with Crippen LogP contribution in [0.1, 0.15) is 0 Å². The monoisotopic (exact) mass is 751 g/mol. The van der Waals surface area contributed by atoms with Crippen molar-refractivity contribution in [2.75, 3.05) is 0 Å². The van der Waals surface area contributed by atoms with Gasteiger partial charge in [0.2, 0.25) is 0 Å². The van der Waals surface area contributed by atoms with Crippen molar-refractivity contribution >= 4 is 205 Å². The predicted octanol–water partition coefficient (Wildman–Crippen LogP) is 2.17. The SMILES string of the molecule is Br.Br.Br.Br.Br.Br.[KH].[KH].[Os]. The molecule has 0 unspecified atom stereocenters. The summed E-state index contributed by atoms with van der Waals surface area (Å²) in [4.78, 5) is 0. The Morgan fingerprint density at radius 2 is 0.333 bits per heavy atom. The molecule has 0 amide bonds. The number of hydrogen-bond acceptors (Lipinski definition) is 0. The first-order valence-electron chi connectivity index (χ1n) is 0. The van der Waals surface area contributed by atoms with Crippen LogP contribution in [0, 0.1) is 0 Å². The van der Waals surface area contributed by atoms with Crippen LogP contribution in [0.4, 0.5) is 0 Å². The van der Waals surface area contributed by atoms with E-state index < -0.39 is 0 Å². The van der Waals surface area contributed by atoms with E-state index in [1.165, 1.54) is 0 Å². The van der Waals surface area contributed by atoms with Gasteiger partial charge in [0.25, 0.3) is 0 Å². The third-order valence-corrected chi connectivity index (χ3v) is 0. The Morgan fingerprint density at radius 3 is 0.333 bits per heavy atom. The van der Waals surface area contributed by atoms with Crippen LogP contribution >= 0.6 is 102 Å². The van der Waals surface area contributed by atoms with Gasteiger partial charge in [-0.3, -0.25) is 0 Å². The summed E-state index contributed by atoms with van der Waals surface area (Å²) in [5, 5.41) is 0. The van der Waals surface area contributed by atoms with Crippen molar-refractivity contribution in [3.05, 3.63) is 0 Å². The van der Waals surface area contributed by atoms with Crippen molar-refractivity contribution in [2.24, 2.45) is 0 Å². The summed E-state index contributed by atoms with van der Waals surface area (Å²) in [6.45, 7) is 0. The Morgan fingerprint density at radius 1 is 0.333 bits per heavy atom. The molecule has 0 saturated heterocycles. The Labute approximate surface area is 217 Å². The van der Waals surface area contributed by atoms with Crippen molar-refractivity contribution < 1.29 is 19.8 Å². The smallest absolute Gasteiger partial charge is 0 e. The fraction of sp³-hybridized carbons (Fsp3) is 0. The van der Waals surface area contributed by atoms with E-state index in [1.54, 1.807) is 0 Å². The molecule has 0 fully saturated rings. The first-order chi connectivity index (χ1) is 0. The van der Waals surface area contributed by atoms with Crippen LogP contribution in [0.25, 0.3) is 0 Å². The van der Waals surface area contributed by atoms with Gasteiger partial charge in [0, 0.05) is 19.8 Å². The minimum absolute atomic E-state index is 0. The van der Waals surface area contributed by atoms with Crippen molar-refractivity contribution in [1.29, 1.82) is 0 Å². The van der Waals surface area contributed by atoms with E-state index in [4.69, 9.17) is 0 Å². The molecular formula is H8Br6K2Os. The fourth-order valence-electron chi connectivity index (χ4n) is 0. The van der Waals surface area contributed by atoms with E-state index in [0.717, 1.165) is 0 Å². The van der Waals surface area contributed by atoms with E-state index in [1.807, 2.05) is 0 Å². The van der Waals surface area contributed by atoms with Gasteiger partial charge in [0.15, 0.2) is 0 Å². The van der Waals surface area contributed by atoms with Crippen LogP contribution in [-0.2, 0) is 19.8 Å². The van der Waals surface area contributed by atoms with Crippen LogP contribution in [0.2, 0.25) is 0 Å². The number of rotatable bonds is 0. The molecule has 0 saturated carbocycles. The topological polar surface area (TPSA) is 0 Å². The van der Waals surface area contributed by atoms with E-state index in [2.05, 4.69) is 0 Å². The van der Waals surface area contributed by atoms with Crippen molar-refractivity contribution in [1.82, 2.24) is 0 Å². The molecule has 0 aromatic heterocycles. The molecular weight excluding hydrogens is 748 g/mol. The van der Waals surface area contributed by atoms with Gasteiger partial charge in [0.1, 0.15) is 0 Å². The third kappa shape index (κ3) is 52.5. The second-order valence-corrected chi connectivity index (χ2v) is 0. The van der Waals surface area contributed by atoms with Gasteiger partial charge in [-0.25, -0.2) is 0 Å². The largest absolute Gasteiger partial charge is 0 e. The van der Waals surface area contributed by atoms with Gasteiger partial charge in [0.05, 0.1) is 0 Å². The van der Waals surface area contributed by atoms with Crippen molar-refractivity contribution in [3.63, 3.8) is 0 Å². The summed E-state index contributed by atoms with van der Waals surface area (Å²) in [6.07, 6.45) is 0. The molecule has 0 bridgehead atoms. The van der Waals surface area contributed by atoms with Crippen LogP contribution in [-0.4, -0.2) is 103 Å². The van der Waals surface area contributed by atoms with Crippen molar-refractivity contribution in [2.45, 2.75) is 0 Å². The standard InChI is InChI=1S/6BrH.2K.Os.2H/h6*1H;;;;;. The minimum Gasteiger partial charge on any atom is 0 e. The van der Waals surface area contributed by atoms with Gasteiger partial charge in [-0.2, -0.15) is 0 Å². The predicted molar refractivity (Wildman–Crippen MR) is 76.2 cm³/mol. The Kier molecular flexibility index (Phi) is 508. The van der Waals surface area contributed by atoms with Crippen LogP contribution in [0.5, 0.6) is 0 Å². The summed E-state index contributed by atoms with van der Waals surface area (Å²) in [7, 11) is 0. The first-order valence-corrected chi connectivity index (χ1v) is 0. The maximum absolute atomic E-state index is 0. The zero-order valence-corrected chi connectivity index (χ0v) is 15.6. The van der Waals surface area contributed by atoms with E-state index in [9.17, 15) is 0 Å². The maximum atomic E-state index is 0. The average Bonchev–Trinajstić information content (AvgIpc) is 0. The summed E-state index contributed by atoms with van der Waals surface area (Å²) in [5.41, 5.74) is 0. The Hall–Kier alpha value is 6.79. The molecule has 0 N–H and O–H groups in total. The van der Waals surface area contributed by atoms with Crippen LogP contribution < -0.4 is 0 Å². The second kappa shape index (κ2) is 61.0. The maximum Gasteiger partial charge on any atom is 0 e. The van der Waals surface area contributed by atoms with Crippen molar-refractivity contribution in [3.8, 4) is 0 Å². The second-order valence-electron chi connectivity index (χ2n) is 0. The van der Waals surface area contributed by atoms with E-state index in [0.29, 0.717) is 0 Å². The molecule has 0 heterocycles. The molecule has 0 rings (SSSR count). The quantitative estimate of drug-likeness (QED) is 0.333. The van der Waals surface area contributed by atoms with Crippen LogP contribution in [0.15, 0.2) is 0 Å². The van der Waals surface area contributed by atoms with Gasteiger partial charge in [-0.15, -0.1) is 102 Å². The molecule has 0 aliphatic carbocycles. The molecule has 60 valence electrons. The average molecular weight is 756 g/mol.